The standard InChI is InChI=1S/C13H14F2N4O/c14-10-3-1-4-11(15)13(10)18-12(20)9-16-6-8-19-7-2-5-17-19/h1-5,7,16H,6,8-9H2,(H,18,20). The third kappa shape index (κ3) is 3.86. The molecule has 0 radical (unpaired) electrons. The normalized spacial score (nSPS) is 10.5. The lowest BCUT2D eigenvalue weighted by atomic mass is 10.3. The van der Waals surface area contributed by atoms with Crippen molar-refractivity contribution in [2.45, 2.75) is 6.54 Å². The van der Waals surface area contributed by atoms with Gasteiger partial charge in [-0.3, -0.25) is 9.48 Å². The van der Waals surface area contributed by atoms with Gasteiger partial charge >= 0.3 is 0 Å². The molecule has 0 unspecified atom stereocenters. The third-order valence-corrected chi connectivity index (χ3v) is 2.59. The Labute approximate surface area is 114 Å². The third-order valence-electron chi connectivity index (χ3n) is 2.59. The van der Waals surface area contributed by atoms with Crippen LogP contribution in [0.1, 0.15) is 0 Å². The van der Waals surface area contributed by atoms with Crippen LogP contribution >= 0.6 is 0 Å². The highest BCUT2D eigenvalue weighted by atomic mass is 19.1. The Kier molecular flexibility index (Phi) is 4.78. The monoisotopic (exact) mass is 280 g/mol. The van der Waals surface area contributed by atoms with Gasteiger partial charge in [0.1, 0.15) is 17.3 Å². The zero-order valence-corrected chi connectivity index (χ0v) is 10.6. The van der Waals surface area contributed by atoms with Crippen molar-refractivity contribution in [3.8, 4) is 0 Å². The molecular formula is C13H14F2N4O. The predicted molar refractivity (Wildman–Crippen MR) is 70.1 cm³/mol. The van der Waals surface area contributed by atoms with Crippen molar-refractivity contribution in [3.63, 3.8) is 0 Å². The van der Waals surface area contributed by atoms with Crippen LogP contribution in [0.5, 0.6) is 0 Å². The summed E-state index contributed by atoms with van der Waals surface area (Å²) in [6, 6.07) is 5.21. The van der Waals surface area contributed by atoms with Crippen LogP contribution < -0.4 is 10.6 Å². The second-order valence-electron chi connectivity index (χ2n) is 4.09. The molecule has 0 atom stereocenters. The average molecular weight is 280 g/mol. The van der Waals surface area contributed by atoms with Crippen LogP contribution in [0.15, 0.2) is 36.7 Å². The molecule has 0 aliphatic heterocycles. The fourth-order valence-corrected chi connectivity index (χ4v) is 1.63. The molecule has 20 heavy (non-hydrogen) atoms. The van der Waals surface area contributed by atoms with Crippen LogP contribution in [0.25, 0.3) is 0 Å². The molecule has 1 aromatic carbocycles. The van der Waals surface area contributed by atoms with Gasteiger partial charge in [0.25, 0.3) is 0 Å². The molecule has 0 aliphatic rings. The molecule has 0 bridgehead atoms. The number of rotatable bonds is 6. The van der Waals surface area contributed by atoms with Gasteiger partial charge in [0, 0.05) is 18.9 Å². The summed E-state index contributed by atoms with van der Waals surface area (Å²) < 4.78 is 28.3. The summed E-state index contributed by atoms with van der Waals surface area (Å²) in [5.41, 5.74) is -0.425. The molecule has 0 fully saturated rings. The van der Waals surface area contributed by atoms with Gasteiger partial charge in [-0.05, 0) is 18.2 Å². The van der Waals surface area contributed by atoms with Gasteiger partial charge in [-0.1, -0.05) is 6.07 Å². The van der Waals surface area contributed by atoms with E-state index in [1.54, 1.807) is 23.1 Å². The number of amides is 1. The number of carbonyl (C=O) groups excluding carboxylic acids is 1. The Morgan fingerprint density at radius 1 is 1.25 bits per heavy atom. The lowest BCUT2D eigenvalue weighted by molar-refractivity contribution is -0.115. The molecule has 1 heterocycles. The van der Waals surface area contributed by atoms with E-state index in [0.29, 0.717) is 13.1 Å². The van der Waals surface area contributed by atoms with Gasteiger partial charge < -0.3 is 10.6 Å². The molecule has 1 aromatic heterocycles. The van der Waals surface area contributed by atoms with Gasteiger partial charge in [-0.2, -0.15) is 5.10 Å². The molecule has 2 N–H and O–H groups in total. The molecular weight excluding hydrogens is 266 g/mol. The van der Waals surface area contributed by atoms with E-state index >= 15 is 0 Å². The van der Waals surface area contributed by atoms with Crippen LogP contribution in [0.2, 0.25) is 0 Å². The minimum Gasteiger partial charge on any atom is -0.320 e. The summed E-state index contributed by atoms with van der Waals surface area (Å²) >= 11 is 0. The Bertz CT molecular complexity index is 552. The maximum atomic E-state index is 13.3. The molecule has 1 amide bonds. The van der Waals surface area contributed by atoms with Gasteiger partial charge in [-0.15, -0.1) is 0 Å². The molecule has 7 heteroatoms. The van der Waals surface area contributed by atoms with Crippen molar-refractivity contribution in [1.82, 2.24) is 15.1 Å². The Balaban J connectivity index is 1.75. The zero-order chi connectivity index (χ0) is 14.4. The molecule has 0 saturated heterocycles. The van der Waals surface area contributed by atoms with E-state index in [4.69, 9.17) is 0 Å². The minimum atomic E-state index is -0.796. The molecule has 2 rings (SSSR count). The van der Waals surface area contributed by atoms with Gasteiger partial charge in [0.15, 0.2) is 0 Å². The zero-order valence-electron chi connectivity index (χ0n) is 10.6. The van der Waals surface area contributed by atoms with Gasteiger partial charge in [0.05, 0.1) is 13.1 Å². The number of aromatic nitrogens is 2. The first-order valence-corrected chi connectivity index (χ1v) is 6.09. The van der Waals surface area contributed by atoms with E-state index in [1.165, 1.54) is 6.07 Å². The molecule has 106 valence electrons. The first-order valence-electron chi connectivity index (χ1n) is 6.09. The second-order valence-corrected chi connectivity index (χ2v) is 4.09. The van der Waals surface area contributed by atoms with Crippen molar-refractivity contribution in [3.05, 3.63) is 48.3 Å². The number of nitrogens with zero attached hydrogens (tertiary/aromatic N) is 2. The van der Waals surface area contributed by atoms with Crippen molar-refractivity contribution in [2.75, 3.05) is 18.4 Å². The van der Waals surface area contributed by atoms with Crippen LogP contribution in [0.3, 0.4) is 0 Å². The smallest absolute Gasteiger partial charge is 0.238 e. The van der Waals surface area contributed by atoms with E-state index in [1.807, 2.05) is 0 Å². The quantitative estimate of drug-likeness (QED) is 0.786. The maximum absolute atomic E-state index is 13.3. The highest BCUT2D eigenvalue weighted by Gasteiger charge is 2.11. The van der Waals surface area contributed by atoms with Gasteiger partial charge in [-0.25, -0.2) is 8.78 Å². The summed E-state index contributed by atoms with van der Waals surface area (Å²) in [5, 5.41) is 9.06. The summed E-state index contributed by atoms with van der Waals surface area (Å²) in [4.78, 5) is 11.5. The van der Waals surface area contributed by atoms with E-state index in [2.05, 4.69) is 15.7 Å². The van der Waals surface area contributed by atoms with E-state index in [0.717, 1.165) is 12.1 Å². The lowest BCUT2D eigenvalue weighted by Gasteiger charge is -2.08. The van der Waals surface area contributed by atoms with Crippen LogP contribution in [0, 0.1) is 11.6 Å². The van der Waals surface area contributed by atoms with E-state index < -0.39 is 23.2 Å². The SMILES string of the molecule is O=C(CNCCn1cccn1)Nc1c(F)cccc1F. The number of carbonyl (C=O) groups is 1. The van der Waals surface area contributed by atoms with E-state index in [9.17, 15) is 13.6 Å². The number of hydrogen-bond acceptors (Lipinski definition) is 3. The topological polar surface area (TPSA) is 59.0 Å². The number of para-hydroxylation sites is 1. The largest absolute Gasteiger partial charge is 0.320 e. The average Bonchev–Trinajstić information content (AvgIpc) is 2.92. The van der Waals surface area contributed by atoms with E-state index in [-0.39, 0.29) is 6.54 Å². The molecule has 0 aliphatic carbocycles. The fourth-order valence-electron chi connectivity index (χ4n) is 1.63. The molecule has 2 aromatic rings. The predicted octanol–water partition coefficient (Wildman–Crippen LogP) is 1.39. The van der Waals surface area contributed by atoms with Crippen LogP contribution in [-0.2, 0) is 11.3 Å². The van der Waals surface area contributed by atoms with Crippen LogP contribution in [0.4, 0.5) is 14.5 Å². The first kappa shape index (κ1) is 14.1. The highest BCUT2D eigenvalue weighted by Crippen LogP contribution is 2.17. The summed E-state index contributed by atoms with van der Waals surface area (Å²) in [5.74, 6) is -2.10. The number of anilines is 1. The summed E-state index contributed by atoms with van der Waals surface area (Å²) in [6.07, 6.45) is 3.46. The number of benzene rings is 1. The number of halogens is 2. The Morgan fingerprint density at radius 3 is 2.65 bits per heavy atom. The first-order chi connectivity index (χ1) is 9.66. The number of hydrogen-bond donors (Lipinski definition) is 2. The Morgan fingerprint density at radius 2 is 2.00 bits per heavy atom. The van der Waals surface area contributed by atoms with Crippen molar-refractivity contribution in [1.29, 1.82) is 0 Å². The minimum absolute atomic E-state index is 0.0327. The van der Waals surface area contributed by atoms with Crippen LogP contribution in [-0.4, -0.2) is 28.8 Å². The van der Waals surface area contributed by atoms with Crippen molar-refractivity contribution >= 4 is 11.6 Å². The van der Waals surface area contributed by atoms with Gasteiger partial charge in [0.2, 0.25) is 5.91 Å². The molecule has 5 nitrogen and oxygen atoms in total. The number of nitrogens with one attached hydrogen (secondary N) is 2. The molecule has 0 spiro atoms. The maximum Gasteiger partial charge on any atom is 0.238 e. The van der Waals surface area contributed by atoms with Crippen molar-refractivity contribution in [2.24, 2.45) is 0 Å². The summed E-state index contributed by atoms with van der Waals surface area (Å²) in [6.45, 7) is 1.10. The fraction of sp³-hybridized carbons (Fsp3) is 0.231. The summed E-state index contributed by atoms with van der Waals surface area (Å²) in [7, 11) is 0. The Hall–Kier alpha value is -2.28. The van der Waals surface area contributed by atoms with Crippen molar-refractivity contribution < 1.29 is 13.6 Å². The molecule has 0 saturated carbocycles. The second kappa shape index (κ2) is 6.76. The lowest BCUT2D eigenvalue weighted by Crippen LogP contribution is -2.31. The highest BCUT2D eigenvalue weighted by molar-refractivity contribution is 5.92.